The summed E-state index contributed by atoms with van der Waals surface area (Å²) in [5, 5.41) is 0. The first-order valence-corrected chi connectivity index (χ1v) is 6.82. The second-order valence-corrected chi connectivity index (χ2v) is 4.67. The largest absolute Gasteiger partial charge is 0.493 e. The average molecular weight is 255 g/mol. The summed E-state index contributed by atoms with van der Waals surface area (Å²) in [6, 6.07) is 18.6. The normalized spacial score (nSPS) is 12.1. The molecule has 0 aromatic heterocycles. The van der Waals surface area contributed by atoms with Crippen LogP contribution in [0.1, 0.15) is 30.5 Å². The molecule has 0 heterocycles. The summed E-state index contributed by atoms with van der Waals surface area (Å²) in [6.07, 6.45) is 1.88. The van der Waals surface area contributed by atoms with Crippen LogP contribution in [0.15, 0.2) is 54.6 Å². The van der Waals surface area contributed by atoms with Crippen molar-refractivity contribution in [3.05, 3.63) is 65.7 Å². The molecule has 19 heavy (non-hydrogen) atoms. The molecule has 2 rings (SSSR count). The van der Waals surface area contributed by atoms with Crippen molar-refractivity contribution in [2.45, 2.75) is 25.8 Å². The number of nitrogens with two attached hydrogens (primary N) is 1. The molecule has 1 atom stereocenters. The van der Waals surface area contributed by atoms with Crippen LogP contribution in [0.4, 0.5) is 0 Å². The molecule has 0 aliphatic heterocycles. The van der Waals surface area contributed by atoms with Gasteiger partial charge in [0.2, 0.25) is 0 Å². The zero-order valence-corrected chi connectivity index (χ0v) is 11.4. The SMILES string of the molecule is CCC(N)c1ccc(OCCc2ccccc2)cc1. The van der Waals surface area contributed by atoms with Gasteiger partial charge in [-0.15, -0.1) is 0 Å². The molecule has 0 amide bonds. The number of ether oxygens (including phenoxy) is 1. The monoisotopic (exact) mass is 255 g/mol. The smallest absolute Gasteiger partial charge is 0.119 e. The molecule has 1 unspecified atom stereocenters. The fourth-order valence-corrected chi connectivity index (χ4v) is 1.98. The van der Waals surface area contributed by atoms with Gasteiger partial charge in [0.1, 0.15) is 5.75 Å². The first-order chi connectivity index (χ1) is 9.29. The molecule has 2 aromatic rings. The molecule has 0 aliphatic rings. The lowest BCUT2D eigenvalue weighted by Gasteiger charge is -2.11. The molecule has 100 valence electrons. The second-order valence-electron chi connectivity index (χ2n) is 4.67. The van der Waals surface area contributed by atoms with Crippen molar-refractivity contribution < 1.29 is 4.74 Å². The minimum Gasteiger partial charge on any atom is -0.493 e. The summed E-state index contributed by atoms with van der Waals surface area (Å²) < 4.78 is 5.74. The highest BCUT2D eigenvalue weighted by molar-refractivity contribution is 5.29. The summed E-state index contributed by atoms with van der Waals surface area (Å²) in [7, 11) is 0. The van der Waals surface area contributed by atoms with Gasteiger partial charge in [0.05, 0.1) is 6.61 Å². The van der Waals surface area contributed by atoms with Gasteiger partial charge in [-0.3, -0.25) is 0 Å². The van der Waals surface area contributed by atoms with Gasteiger partial charge in [-0.05, 0) is 29.7 Å². The maximum absolute atomic E-state index is 5.98. The van der Waals surface area contributed by atoms with E-state index in [9.17, 15) is 0 Å². The molecule has 2 heteroatoms. The maximum Gasteiger partial charge on any atom is 0.119 e. The topological polar surface area (TPSA) is 35.2 Å². The first kappa shape index (κ1) is 13.6. The van der Waals surface area contributed by atoms with Crippen LogP contribution >= 0.6 is 0 Å². The Morgan fingerprint density at radius 3 is 2.32 bits per heavy atom. The first-order valence-electron chi connectivity index (χ1n) is 6.82. The van der Waals surface area contributed by atoms with E-state index in [2.05, 4.69) is 31.2 Å². The van der Waals surface area contributed by atoms with Crippen LogP contribution < -0.4 is 10.5 Å². The fraction of sp³-hybridized carbons (Fsp3) is 0.294. The van der Waals surface area contributed by atoms with Crippen molar-refractivity contribution in [1.82, 2.24) is 0 Å². The average Bonchev–Trinajstić information content (AvgIpc) is 2.48. The van der Waals surface area contributed by atoms with Crippen molar-refractivity contribution in [1.29, 1.82) is 0 Å². The maximum atomic E-state index is 5.98. The summed E-state index contributed by atoms with van der Waals surface area (Å²) in [6.45, 7) is 2.79. The predicted molar refractivity (Wildman–Crippen MR) is 79.3 cm³/mol. The standard InChI is InChI=1S/C17H21NO/c1-2-17(18)15-8-10-16(11-9-15)19-13-12-14-6-4-3-5-7-14/h3-11,17H,2,12-13,18H2,1H3. The van der Waals surface area contributed by atoms with E-state index in [0.29, 0.717) is 6.61 Å². The van der Waals surface area contributed by atoms with E-state index in [4.69, 9.17) is 10.5 Å². The molecule has 0 bridgehead atoms. The lowest BCUT2D eigenvalue weighted by atomic mass is 10.1. The van der Waals surface area contributed by atoms with Gasteiger partial charge in [-0.25, -0.2) is 0 Å². The minimum atomic E-state index is 0.123. The predicted octanol–water partition coefficient (Wildman–Crippen LogP) is 3.72. The summed E-state index contributed by atoms with van der Waals surface area (Å²) in [5.41, 5.74) is 8.44. The zero-order chi connectivity index (χ0) is 13.5. The summed E-state index contributed by atoms with van der Waals surface area (Å²) >= 11 is 0. The molecule has 0 saturated heterocycles. The second kappa shape index (κ2) is 6.95. The molecule has 0 saturated carbocycles. The molecule has 0 radical (unpaired) electrons. The van der Waals surface area contributed by atoms with Crippen LogP contribution in [-0.2, 0) is 6.42 Å². The van der Waals surface area contributed by atoms with Crippen molar-refractivity contribution in [2.75, 3.05) is 6.61 Å². The Morgan fingerprint density at radius 1 is 1.00 bits per heavy atom. The van der Waals surface area contributed by atoms with Crippen LogP contribution in [0.5, 0.6) is 5.75 Å². The molecule has 0 spiro atoms. The summed E-state index contributed by atoms with van der Waals surface area (Å²) in [4.78, 5) is 0. The Labute approximate surface area is 115 Å². The molecular weight excluding hydrogens is 234 g/mol. The van der Waals surface area contributed by atoms with Crippen molar-refractivity contribution in [3.63, 3.8) is 0 Å². The van der Waals surface area contributed by atoms with Gasteiger partial charge in [0, 0.05) is 12.5 Å². The molecule has 0 fully saturated rings. The van der Waals surface area contributed by atoms with E-state index in [1.54, 1.807) is 0 Å². The van der Waals surface area contributed by atoms with E-state index in [-0.39, 0.29) is 6.04 Å². The molecular formula is C17H21NO. The molecule has 0 aliphatic carbocycles. The van der Waals surface area contributed by atoms with Crippen LogP contribution in [-0.4, -0.2) is 6.61 Å². The van der Waals surface area contributed by atoms with E-state index in [0.717, 1.165) is 24.2 Å². The third-order valence-corrected chi connectivity index (χ3v) is 3.25. The fourth-order valence-electron chi connectivity index (χ4n) is 1.98. The quantitative estimate of drug-likeness (QED) is 0.854. The van der Waals surface area contributed by atoms with Crippen LogP contribution in [0.2, 0.25) is 0 Å². The Balaban J connectivity index is 1.83. The summed E-state index contributed by atoms with van der Waals surface area (Å²) in [5.74, 6) is 0.906. The highest BCUT2D eigenvalue weighted by atomic mass is 16.5. The van der Waals surface area contributed by atoms with E-state index < -0.39 is 0 Å². The third kappa shape index (κ3) is 4.11. The number of hydrogen-bond acceptors (Lipinski definition) is 2. The van der Waals surface area contributed by atoms with Gasteiger partial charge in [0.15, 0.2) is 0 Å². The van der Waals surface area contributed by atoms with Crippen LogP contribution in [0.3, 0.4) is 0 Å². The molecule has 2 nitrogen and oxygen atoms in total. The van der Waals surface area contributed by atoms with Crippen molar-refractivity contribution in [3.8, 4) is 5.75 Å². The number of hydrogen-bond donors (Lipinski definition) is 1. The Bertz CT molecular complexity index is 478. The minimum absolute atomic E-state index is 0.123. The highest BCUT2D eigenvalue weighted by Crippen LogP contribution is 2.18. The van der Waals surface area contributed by atoms with Gasteiger partial charge >= 0.3 is 0 Å². The van der Waals surface area contributed by atoms with E-state index >= 15 is 0 Å². The van der Waals surface area contributed by atoms with Crippen LogP contribution in [0, 0.1) is 0 Å². The van der Waals surface area contributed by atoms with Gasteiger partial charge in [-0.2, -0.15) is 0 Å². The number of benzene rings is 2. The lowest BCUT2D eigenvalue weighted by molar-refractivity contribution is 0.322. The Morgan fingerprint density at radius 2 is 1.68 bits per heavy atom. The van der Waals surface area contributed by atoms with Crippen molar-refractivity contribution in [2.24, 2.45) is 5.73 Å². The Kier molecular flexibility index (Phi) is 4.99. The van der Waals surface area contributed by atoms with Gasteiger partial charge in [-0.1, -0.05) is 49.4 Å². The van der Waals surface area contributed by atoms with E-state index in [1.807, 2.05) is 30.3 Å². The number of rotatable bonds is 6. The van der Waals surface area contributed by atoms with Crippen LogP contribution in [0.25, 0.3) is 0 Å². The highest BCUT2D eigenvalue weighted by Gasteiger charge is 2.02. The molecule has 2 aromatic carbocycles. The Hall–Kier alpha value is -1.80. The van der Waals surface area contributed by atoms with E-state index in [1.165, 1.54) is 5.56 Å². The third-order valence-electron chi connectivity index (χ3n) is 3.25. The molecule has 2 N–H and O–H groups in total. The lowest BCUT2D eigenvalue weighted by Crippen LogP contribution is -2.08. The zero-order valence-electron chi connectivity index (χ0n) is 11.4. The van der Waals surface area contributed by atoms with Gasteiger partial charge in [0.25, 0.3) is 0 Å². The van der Waals surface area contributed by atoms with Crippen molar-refractivity contribution >= 4 is 0 Å². The van der Waals surface area contributed by atoms with Gasteiger partial charge < -0.3 is 10.5 Å².